The standard InChI is InChI=1S/C14H11N7O/c1-17-11-3-12(18-7-10(11)13(16)22)21-14-9(6-20-21)2-8(4-15)5-19-14/h2-3,5-7H,1H3,(H2,16,22)(H,17,18). The van der Waals surface area contributed by atoms with E-state index in [0.29, 0.717) is 28.3 Å². The van der Waals surface area contributed by atoms with Crippen LogP contribution in [0.4, 0.5) is 5.69 Å². The molecule has 0 saturated heterocycles. The van der Waals surface area contributed by atoms with Crippen LogP contribution in [-0.4, -0.2) is 32.7 Å². The molecule has 0 atom stereocenters. The number of nitriles is 1. The molecule has 0 aromatic carbocycles. The molecule has 0 radical (unpaired) electrons. The van der Waals surface area contributed by atoms with Gasteiger partial charge in [0.05, 0.1) is 23.0 Å². The normalized spacial score (nSPS) is 10.4. The maximum atomic E-state index is 11.3. The summed E-state index contributed by atoms with van der Waals surface area (Å²) in [6.45, 7) is 0. The highest BCUT2D eigenvalue weighted by molar-refractivity contribution is 5.98. The number of hydrogen-bond acceptors (Lipinski definition) is 6. The Morgan fingerprint density at radius 3 is 2.82 bits per heavy atom. The molecule has 108 valence electrons. The second-order valence-electron chi connectivity index (χ2n) is 4.51. The molecule has 22 heavy (non-hydrogen) atoms. The molecule has 1 amide bonds. The van der Waals surface area contributed by atoms with E-state index in [4.69, 9.17) is 11.0 Å². The van der Waals surface area contributed by atoms with E-state index in [1.54, 1.807) is 25.4 Å². The Kier molecular flexibility index (Phi) is 3.16. The van der Waals surface area contributed by atoms with Gasteiger partial charge >= 0.3 is 0 Å². The van der Waals surface area contributed by atoms with Crippen molar-refractivity contribution in [3.8, 4) is 11.9 Å². The number of hydrogen-bond donors (Lipinski definition) is 2. The maximum Gasteiger partial charge on any atom is 0.252 e. The van der Waals surface area contributed by atoms with Crippen molar-refractivity contribution in [2.75, 3.05) is 12.4 Å². The lowest BCUT2D eigenvalue weighted by atomic mass is 10.2. The number of amides is 1. The molecule has 3 heterocycles. The van der Waals surface area contributed by atoms with Gasteiger partial charge in [-0.25, -0.2) is 9.97 Å². The van der Waals surface area contributed by atoms with Crippen LogP contribution in [0.25, 0.3) is 16.9 Å². The van der Waals surface area contributed by atoms with Gasteiger partial charge in [-0.05, 0) is 6.07 Å². The zero-order chi connectivity index (χ0) is 15.7. The summed E-state index contributed by atoms with van der Waals surface area (Å²) in [7, 11) is 1.68. The molecule has 0 aliphatic heterocycles. The van der Waals surface area contributed by atoms with Gasteiger partial charge in [-0.3, -0.25) is 4.79 Å². The maximum absolute atomic E-state index is 11.3. The van der Waals surface area contributed by atoms with Crippen LogP contribution in [0, 0.1) is 11.3 Å². The minimum atomic E-state index is -0.564. The average molecular weight is 293 g/mol. The molecule has 0 aliphatic carbocycles. The van der Waals surface area contributed by atoms with Crippen LogP contribution in [0.2, 0.25) is 0 Å². The molecule has 0 spiro atoms. The van der Waals surface area contributed by atoms with Gasteiger partial charge in [0.25, 0.3) is 5.91 Å². The molecule has 0 bridgehead atoms. The summed E-state index contributed by atoms with van der Waals surface area (Å²) in [4.78, 5) is 19.8. The third-order valence-corrected chi connectivity index (χ3v) is 3.18. The first-order chi connectivity index (χ1) is 10.6. The summed E-state index contributed by atoms with van der Waals surface area (Å²) in [5, 5.41) is 16.7. The number of carbonyl (C=O) groups is 1. The van der Waals surface area contributed by atoms with E-state index in [2.05, 4.69) is 20.4 Å². The highest BCUT2D eigenvalue weighted by Crippen LogP contribution is 2.20. The van der Waals surface area contributed by atoms with Gasteiger partial charge in [-0.1, -0.05) is 0 Å². The number of carbonyl (C=O) groups excluding carboxylic acids is 1. The van der Waals surface area contributed by atoms with Crippen molar-refractivity contribution in [3.05, 3.63) is 41.9 Å². The second kappa shape index (κ2) is 5.14. The highest BCUT2D eigenvalue weighted by atomic mass is 16.1. The van der Waals surface area contributed by atoms with Gasteiger partial charge in [-0.15, -0.1) is 0 Å². The number of nitrogens with zero attached hydrogens (tertiary/aromatic N) is 5. The van der Waals surface area contributed by atoms with Crippen molar-refractivity contribution in [2.45, 2.75) is 0 Å². The summed E-state index contributed by atoms with van der Waals surface area (Å²) in [6, 6.07) is 5.39. The second-order valence-corrected chi connectivity index (χ2v) is 4.51. The number of nitrogens with two attached hydrogens (primary N) is 1. The molecule has 0 unspecified atom stereocenters. The molecular weight excluding hydrogens is 282 g/mol. The minimum absolute atomic E-state index is 0.294. The first-order valence-corrected chi connectivity index (χ1v) is 6.36. The predicted molar refractivity (Wildman–Crippen MR) is 79.4 cm³/mol. The quantitative estimate of drug-likeness (QED) is 0.737. The fraction of sp³-hybridized carbons (Fsp3) is 0.0714. The van der Waals surface area contributed by atoms with Crippen molar-refractivity contribution in [3.63, 3.8) is 0 Å². The van der Waals surface area contributed by atoms with E-state index in [0.717, 1.165) is 5.39 Å². The topological polar surface area (TPSA) is 123 Å². The predicted octanol–water partition coefficient (Wildman–Crippen LogP) is 0.828. The van der Waals surface area contributed by atoms with Crippen LogP contribution in [0.15, 0.2) is 30.7 Å². The number of primary amides is 1. The van der Waals surface area contributed by atoms with Crippen molar-refractivity contribution >= 4 is 22.6 Å². The average Bonchev–Trinajstić information content (AvgIpc) is 2.96. The molecule has 0 saturated carbocycles. The lowest BCUT2D eigenvalue weighted by Gasteiger charge is -2.08. The molecule has 3 aromatic rings. The van der Waals surface area contributed by atoms with Crippen LogP contribution < -0.4 is 11.1 Å². The van der Waals surface area contributed by atoms with E-state index in [-0.39, 0.29) is 0 Å². The molecule has 3 aromatic heterocycles. The van der Waals surface area contributed by atoms with Crippen molar-refractivity contribution < 1.29 is 4.79 Å². The van der Waals surface area contributed by atoms with Crippen LogP contribution in [0.5, 0.6) is 0 Å². The van der Waals surface area contributed by atoms with Crippen molar-refractivity contribution in [2.24, 2.45) is 5.73 Å². The van der Waals surface area contributed by atoms with E-state index in [9.17, 15) is 4.79 Å². The molecular formula is C14H11N7O. The lowest BCUT2D eigenvalue weighted by Crippen LogP contribution is -2.15. The van der Waals surface area contributed by atoms with Gasteiger partial charge in [0.1, 0.15) is 6.07 Å². The Morgan fingerprint density at radius 2 is 2.14 bits per heavy atom. The molecule has 8 nitrogen and oxygen atoms in total. The van der Waals surface area contributed by atoms with E-state index < -0.39 is 5.91 Å². The Labute approximate surface area is 125 Å². The number of fused-ring (bicyclic) bond motifs is 1. The first kappa shape index (κ1) is 13.5. The summed E-state index contributed by atoms with van der Waals surface area (Å²) in [6.07, 6.45) is 4.46. The van der Waals surface area contributed by atoms with E-state index >= 15 is 0 Å². The van der Waals surface area contributed by atoms with Crippen LogP contribution in [-0.2, 0) is 0 Å². The Morgan fingerprint density at radius 1 is 1.32 bits per heavy atom. The molecule has 8 heteroatoms. The lowest BCUT2D eigenvalue weighted by molar-refractivity contribution is 0.100. The fourth-order valence-corrected chi connectivity index (χ4v) is 2.11. The van der Waals surface area contributed by atoms with Gasteiger partial charge in [0, 0.05) is 30.9 Å². The SMILES string of the molecule is CNc1cc(-n2ncc3cc(C#N)cnc32)ncc1C(N)=O. The number of rotatable bonds is 3. The van der Waals surface area contributed by atoms with Gasteiger partial charge in [0.15, 0.2) is 11.5 Å². The summed E-state index contributed by atoms with van der Waals surface area (Å²) >= 11 is 0. The third kappa shape index (κ3) is 2.10. The van der Waals surface area contributed by atoms with Crippen molar-refractivity contribution in [1.82, 2.24) is 19.7 Å². The van der Waals surface area contributed by atoms with Crippen LogP contribution in [0.1, 0.15) is 15.9 Å². The number of aromatic nitrogens is 4. The Hall–Kier alpha value is -3.47. The number of anilines is 1. The van der Waals surface area contributed by atoms with Gasteiger partial charge in [0.2, 0.25) is 0 Å². The first-order valence-electron chi connectivity index (χ1n) is 6.36. The van der Waals surface area contributed by atoms with E-state index in [1.807, 2.05) is 6.07 Å². The van der Waals surface area contributed by atoms with Gasteiger partial charge < -0.3 is 11.1 Å². The summed E-state index contributed by atoms with van der Waals surface area (Å²) in [5.41, 5.74) is 7.17. The van der Waals surface area contributed by atoms with E-state index in [1.165, 1.54) is 17.1 Å². The largest absolute Gasteiger partial charge is 0.387 e. The summed E-state index contributed by atoms with van der Waals surface area (Å²) in [5.74, 6) is -0.0768. The zero-order valence-corrected chi connectivity index (χ0v) is 11.6. The third-order valence-electron chi connectivity index (χ3n) is 3.18. The fourth-order valence-electron chi connectivity index (χ4n) is 2.11. The zero-order valence-electron chi connectivity index (χ0n) is 11.6. The summed E-state index contributed by atoms with van der Waals surface area (Å²) < 4.78 is 1.53. The van der Waals surface area contributed by atoms with Crippen LogP contribution in [0.3, 0.4) is 0 Å². The number of pyridine rings is 2. The molecule has 3 N–H and O–H groups in total. The molecule has 3 rings (SSSR count). The minimum Gasteiger partial charge on any atom is -0.387 e. The monoisotopic (exact) mass is 293 g/mol. The van der Waals surface area contributed by atoms with Crippen molar-refractivity contribution in [1.29, 1.82) is 5.26 Å². The highest BCUT2D eigenvalue weighted by Gasteiger charge is 2.13. The Balaban J connectivity index is 2.16. The molecule has 0 aliphatic rings. The Bertz CT molecular complexity index is 923. The van der Waals surface area contributed by atoms with Crippen LogP contribution >= 0.6 is 0 Å². The van der Waals surface area contributed by atoms with Gasteiger partial charge in [-0.2, -0.15) is 15.0 Å². The number of nitrogens with one attached hydrogen (secondary N) is 1. The molecule has 0 fully saturated rings. The smallest absolute Gasteiger partial charge is 0.252 e.